The van der Waals surface area contributed by atoms with Crippen molar-refractivity contribution in [3.05, 3.63) is 0 Å². The van der Waals surface area contributed by atoms with Crippen molar-refractivity contribution in [2.24, 2.45) is 5.73 Å². The maximum Gasteiger partial charge on any atom is 0.329 e. The number of amides is 1. The Morgan fingerprint density at radius 2 is 1.91 bits per heavy atom. The molecule has 1 saturated heterocycles. The quantitative estimate of drug-likeness (QED) is 0.266. The Bertz CT molecular complexity index is 431. The summed E-state index contributed by atoms with van der Waals surface area (Å²) < 4.78 is 5.28. The van der Waals surface area contributed by atoms with Crippen LogP contribution in [0.15, 0.2) is 0 Å². The number of carboxylic acid groups (broad SMARTS) is 1. The van der Waals surface area contributed by atoms with Crippen LogP contribution in [0.3, 0.4) is 0 Å². The fourth-order valence-electron chi connectivity index (χ4n) is 2.46. The van der Waals surface area contributed by atoms with Gasteiger partial charge in [-0.05, 0) is 6.92 Å². The summed E-state index contributed by atoms with van der Waals surface area (Å²) in [5, 5.41) is 50.5. The van der Waals surface area contributed by atoms with E-state index in [1.54, 1.807) is 0 Å². The molecule has 10 nitrogen and oxygen atoms in total. The summed E-state index contributed by atoms with van der Waals surface area (Å²) >= 11 is 0. The molecule has 1 aliphatic rings. The van der Waals surface area contributed by atoms with E-state index in [9.17, 15) is 35.1 Å². The van der Waals surface area contributed by atoms with Gasteiger partial charge in [0.1, 0.15) is 24.4 Å². The number of aliphatic hydroxyl groups is 4. The first-order valence-corrected chi connectivity index (χ1v) is 6.67. The van der Waals surface area contributed by atoms with Gasteiger partial charge in [-0.1, -0.05) is 0 Å². The van der Waals surface area contributed by atoms with Gasteiger partial charge in [0.2, 0.25) is 5.91 Å². The summed E-state index contributed by atoms with van der Waals surface area (Å²) in [4.78, 5) is 22.8. The number of aliphatic hydroxyl groups excluding tert-OH is 4. The van der Waals surface area contributed by atoms with E-state index in [4.69, 9.17) is 10.5 Å². The second-order valence-corrected chi connectivity index (χ2v) is 5.40. The van der Waals surface area contributed by atoms with Crippen LogP contribution in [0.4, 0.5) is 0 Å². The fourth-order valence-corrected chi connectivity index (χ4v) is 2.46. The number of nitrogens with two attached hydrogens (primary N) is 1. The zero-order valence-corrected chi connectivity index (χ0v) is 12.2. The van der Waals surface area contributed by atoms with Crippen molar-refractivity contribution in [3.8, 4) is 0 Å². The van der Waals surface area contributed by atoms with E-state index in [2.05, 4.69) is 5.32 Å². The molecule has 1 aliphatic heterocycles. The Labute approximate surface area is 126 Å². The van der Waals surface area contributed by atoms with Crippen LogP contribution >= 0.6 is 0 Å². The molecule has 8 N–H and O–H groups in total. The highest BCUT2D eigenvalue weighted by molar-refractivity contribution is 5.81. The predicted molar refractivity (Wildman–Crippen MR) is 71.6 cm³/mol. The molecule has 10 heteroatoms. The van der Waals surface area contributed by atoms with Crippen LogP contribution in [0.5, 0.6) is 0 Å². The third kappa shape index (κ3) is 3.21. The van der Waals surface area contributed by atoms with E-state index >= 15 is 0 Å². The topological polar surface area (TPSA) is 183 Å². The van der Waals surface area contributed by atoms with Crippen LogP contribution in [-0.2, 0) is 14.3 Å². The van der Waals surface area contributed by atoms with Crippen LogP contribution in [-0.4, -0.2) is 86.1 Å². The second-order valence-electron chi connectivity index (χ2n) is 5.40. The van der Waals surface area contributed by atoms with E-state index < -0.39 is 60.6 Å². The summed E-state index contributed by atoms with van der Waals surface area (Å²) in [5.41, 5.74) is 3.38. The van der Waals surface area contributed by atoms with Gasteiger partial charge >= 0.3 is 5.97 Å². The van der Waals surface area contributed by atoms with Crippen molar-refractivity contribution in [2.45, 2.75) is 55.9 Å². The summed E-state index contributed by atoms with van der Waals surface area (Å²) in [6, 6.07) is -1.38. The molecule has 0 radical (unpaired) electrons. The van der Waals surface area contributed by atoms with Gasteiger partial charge in [0.25, 0.3) is 0 Å². The highest BCUT2D eigenvalue weighted by atomic mass is 16.5. The standard InChI is InChI=1S/C12H22N2O8/c1-4(16)12(13,11(20)21)10-7(14-5(2)17)9(19)8(18)6(3-15)22-10/h4,6-10,15-16,18-19H,3,13H2,1-2H3,(H,14,17)(H,20,21)/t4-,6-,7-,8+,9-,10?,12-/m1/s1. The molecule has 1 fully saturated rings. The van der Waals surface area contributed by atoms with Gasteiger partial charge in [0.15, 0.2) is 5.54 Å². The molecule has 1 amide bonds. The van der Waals surface area contributed by atoms with E-state index in [1.807, 2.05) is 0 Å². The minimum absolute atomic E-state index is 0.620. The normalized spacial score (nSPS) is 36.2. The van der Waals surface area contributed by atoms with E-state index in [1.165, 1.54) is 0 Å². The minimum Gasteiger partial charge on any atom is -0.480 e. The van der Waals surface area contributed by atoms with Gasteiger partial charge in [-0.2, -0.15) is 0 Å². The summed E-state index contributed by atoms with van der Waals surface area (Å²) in [6.07, 6.45) is -7.70. The zero-order valence-electron chi connectivity index (χ0n) is 12.2. The smallest absolute Gasteiger partial charge is 0.329 e. The molecule has 7 atom stereocenters. The fraction of sp³-hybridized carbons (Fsp3) is 0.833. The van der Waals surface area contributed by atoms with Crippen LogP contribution in [0.25, 0.3) is 0 Å². The molecule has 0 aromatic heterocycles. The lowest BCUT2D eigenvalue weighted by molar-refractivity contribution is -0.222. The number of rotatable bonds is 5. The van der Waals surface area contributed by atoms with Crippen molar-refractivity contribution < 1.29 is 39.9 Å². The van der Waals surface area contributed by atoms with Crippen molar-refractivity contribution in [1.82, 2.24) is 5.32 Å². The van der Waals surface area contributed by atoms with Crippen molar-refractivity contribution in [2.75, 3.05) is 6.61 Å². The Balaban J connectivity index is 3.29. The number of hydrogen-bond donors (Lipinski definition) is 7. The van der Waals surface area contributed by atoms with Crippen LogP contribution in [0.1, 0.15) is 13.8 Å². The average molecular weight is 322 g/mol. The Morgan fingerprint density at radius 1 is 1.36 bits per heavy atom. The molecule has 1 heterocycles. The first-order valence-electron chi connectivity index (χ1n) is 6.67. The van der Waals surface area contributed by atoms with E-state index in [0.717, 1.165) is 13.8 Å². The SMILES string of the molecule is CC(=O)N[C@H]1C([C@@](N)(C(=O)O)[C@@H](C)O)O[C@H](CO)[C@H](O)[C@@H]1O. The molecule has 0 aromatic rings. The summed E-state index contributed by atoms with van der Waals surface area (Å²) in [6.45, 7) is 1.53. The third-order valence-corrected chi connectivity index (χ3v) is 3.83. The highest BCUT2D eigenvalue weighted by Crippen LogP contribution is 2.29. The van der Waals surface area contributed by atoms with Crippen molar-refractivity contribution >= 4 is 11.9 Å². The zero-order chi connectivity index (χ0) is 17.2. The molecule has 1 unspecified atom stereocenters. The second kappa shape index (κ2) is 6.86. The van der Waals surface area contributed by atoms with Crippen molar-refractivity contribution in [1.29, 1.82) is 0 Å². The first kappa shape index (κ1) is 18.7. The molecule has 22 heavy (non-hydrogen) atoms. The van der Waals surface area contributed by atoms with Crippen LogP contribution in [0, 0.1) is 0 Å². The number of carbonyl (C=O) groups is 2. The number of carboxylic acids is 1. The van der Waals surface area contributed by atoms with Crippen molar-refractivity contribution in [3.63, 3.8) is 0 Å². The molecule has 0 saturated carbocycles. The Kier molecular flexibility index (Phi) is 5.84. The lowest BCUT2D eigenvalue weighted by atomic mass is 9.78. The maximum absolute atomic E-state index is 11.5. The minimum atomic E-state index is -2.37. The lowest BCUT2D eigenvalue weighted by Crippen LogP contribution is -2.76. The largest absolute Gasteiger partial charge is 0.480 e. The first-order chi connectivity index (χ1) is 10.1. The maximum atomic E-state index is 11.5. The van der Waals surface area contributed by atoms with E-state index in [0.29, 0.717) is 0 Å². The lowest BCUT2D eigenvalue weighted by Gasteiger charge is -2.48. The third-order valence-electron chi connectivity index (χ3n) is 3.83. The summed E-state index contributed by atoms with van der Waals surface area (Å²) in [7, 11) is 0. The molecule has 1 rings (SSSR count). The number of carbonyl (C=O) groups excluding carboxylic acids is 1. The Hall–Kier alpha value is -1.30. The number of aliphatic carboxylic acids is 1. The van der Waals surface area contributed by atoms with E-state index in [-0.39, 0.29) is 0 Å². The van der Waals surface area contributed by atoms with Gasteiger partial charge in [0.05, 0.1) is 18.8 Å². The predicted octanol–water partition coefficient (Wildman–Crippen LogP) is -3.86. The molecular weight excluding hydrogens is 300 g/mol. The van der Waals surface area contributed by atoms with Crippen LogP contribution in [0.2, 0.25) is 0 Å². The Morgan fingerprint density at radius 3 is 2.27 bits per heavy atom. The van der Waals surface area contributed by atoms with Crippen LogP contribution < -0.4 is 11.1 Å². The number of hydrogen-bond acceptors (Lipinski definition) is 8. The molecule has 0 bridgehead atoms. The van der Waals surface area contributed by atoms with Gasteiger partial charge < -0.3 is 41.3 Å². The van der Waals surface area contributed by atoms with Gasteiger partial charge in [-0.25, -0.2) is 0 Å². The number of nitrogens with one attached hydrogen (secondary N) is 1. The molecule has 0 spiro atoms. The molecular formula is C12H22N2O8. The van der Waals surface area contributed by atoms with Gasteiger partial charge in [-0.3, -0.25) is 9.59 Å². The number of ether oxygens (including phenoxy) is 1. The summed E-state index contributed by atoms with van der Waals surface area (Å²) in [5.74, 6) is -2.24. The highest BCUT2D eigenvalue weighted by Gasteiger charge is 2.57. The van der Waals surface area contributed by atoms with Gasteiger partial charge in [0, 0.05) is 6.92 Å². The monoisotopic (exact) mass is 322 g/mol. The average Bonchev–Trinajstić information content (AvgIpc) is 2.42. The molecule has 0 aliphatic carbocycles. The molecule has 128 valence electrons. The molecule has 0 aromatic carbocycles. The van der Waals surface area contributed by atoms with Gasteiger partial charge in [-0.15, -0.1) is 0 Å².